The van der Waals surface area contributed by atoms with E-state index in [0.717, 1.165) is 23.6 Å². The molecule has 5 aliphatic carbocycles. The molecule has 0 atom stereocenters. The molecule has 5 fully saturated rings. The van der Waals surface area contributed by atoms with E-state index in [-0.39, 0.29) is 5.41 Å². The topological polar surface area (TPSA) is 25.8 Å². The van der Waals surface area contributed by atoms with Gasteiger partial charge in [-0.15, -0.1) is 0 Å². The zero-order chi connectivity index (χ0) is 13.3. The van der Waals surface area contributed by atoms with Crippen molar-refractivity contribution >= 4 is 11.6 Å². The summed E-state index contributed by atoms with van der Waals surface area (Å²) in [5.41, 5.74) is 1.50. The van der Waals surface area contributed by atoms with E-state index in [2.05, 4.69) is 4.98 Å². The molecule has 0 unspecified atom stereocenters. The summed E-state index contributed by atoms with van der Waals surface area (Å²) in [6, 6.07) is 2.00. The van der Waals surface area contributed by atoms with Crippen LogP contribution in [-0.4, -0.2) is 9.97 Å². The van der Waals surface area contributed by atoms with Gasteiger partial charge in [0.2, 0.25) is 0 Å². The minimum Gasteiger partial charge on any atom is -0.237 e. The Balaban J connectivity index is 1.58. The van der Waals surface area contributed by atoms with E-state index >= 15 is 0 Å². The summed E-state index contributed by atoms with van der Waals surface area (Å²) in [6.45, 7) is 0. The van der Waals surface area contributed by atoms with Crippen LogP contribution in [0, 0.1) is 17.8 Å². The largest absolute Gasteiger partial charge is 0.237 e. The Morgan fingerprint density at radius 2 is 1.55 bits per heavy atom. The highest BCUT2D eigenvalue weighted by atomic mass is 35.5. The molecule has 1 aromatic heterocycles. The fourth-order valence-electron chi connectivity index (χ4n) is 5.64. The van der Waals surface area contributed by atoms with Crippen molar-refractivity contribution in [3.8, 4) is 0 Å². The molecule has 6 rings (SSSR count). The number of nitrogens with zero attached hydrogens (tertiary/aromatic N) is 2. The standard InChI is InChI=1S/C17H21ClN2/c18-15-6-14(13-1-2-13)19-16(20-15)17-7-10-3-11(8-17)5-12(4-10)9-17/h6,10-13H,1-5,7-9H2. The summed E-state index contributed by atoms with van der Waals surface area (Å²) in [5, 5.41) is 0.674. The maximum atomic E-state index is 6.31. The van der Waals surface area contributed by atoms with Crippen LogP contribution in [0.2, 0.25) is 5.15 Å². The van der Waals surface area contributed by atoms with Gasteiger partial charge in [0.05, 0.1) is 0 Å². The van der Waals surface area contributed by atoms with Gasteiger partial charge >= 0.3 is 0 Å². The van der Waals surface area contributed by atoms with Crippen LogP contribution in [0.25, 0.3) is 0 Å². The van der Waals surface area contributed by atoms with Crippen molar-refractivity contribution in [3.05, 3.63) is 22.7 Å². The molecule has 0 saturated heterocycles. The molecule has 0 spiro atoms. The highest BCUT2D eigenvalue weighted by Crippen LogP contribution is 2.60. The van der Waals surface area contributed by atoms with E-state index in [1.54, 1.807) is 0 Å². The van der Waals surface area contributed by atoms with Gasteiger partial charge in [-0.3, -0.25) is 0 Å². The maximum Gasteiger partial charge on any atom is 0.136 e. The molecule has 0 aromatic carbocycles. The molecule has 0 N–H and O–H groups in total. The molecule has 20 heavy (non-hydrogen) atoms. The molecular formula is C17H21ClN2. The summed E-state index contributed by atoms with van der Waals surface area (Å²) in [6.07, 6.45) is 10.9. The monoisotopic (exact) mass is 288 g/mol. The molecule has 0 amide bonds. The van der Waals surface area contributed by atoms with Crippen molar-refractivity contribution in [2.75, 3.05) is 0 Å². The zero-order valence-electron chi connectivity index (χ0n) is 11.8. The third-order valence-corrected chi connectivity index (χ3v) is 6.42. The third kappa shape index (κ3) is 1.76. The predicted molar refractivity (Wildman–Crippen MR) is 78.9 cm³/mol. The lowest BCUT2D eigenvalue weighted by Crippen LogP contribution is -2.49. The normalized spacial score (nSPS) is 42.1. The highest BCUT2D eigenvalue weighted by molar-refractivity contribution is 6.29. The van der Waals surface area contributed by atoms with Crippen molar-refractivity contribution in [2.24, 2.45) is 17.8 Å². The van der Waals surface area contributed by atoms with E-state index in [0.29, 0.717) is 11.1 Å². The van der Waals surface area contributed by atoms with Crippen LogP contribution in [0.1, 0.15) is 68.8 Å². The maximum absolute atomic E-state index is 6.31. The molecule has 5 saturated carbocycles. The van der Waals surface area contributed by atoms with Crippen molar-refractivity contribution < 1.29 is 0 Å². The van der Waals surface area contributed by atoms with E-state index in [4.69, 9.17) is 16.6 Å². The van der Waals surface area contributed by atoms with Gasteiger partial charge in [0, 0.05) is 17.0 Å². The Kier molecular flexibility index (Phi) is 2.37. The number of hydrogen-bond donors (Lipinski definition) is 0. The van der Waals surface area contributed by atoms with Crippen LogP contribution in [-0.2, 0) is 5.41 Å². The Bertz CT molecular complexity index is 529. The Hall–Kier alpha value is -0.630. The quantitative estimate of drug-likeness (QED) is 0.750. The van der Waals surface area contributed by atoms with Crippen LogP contribution < -0.4 is 0 Å². The molecule has 5 aliphatic rings. The SMILES string of the molecule is Clc1cc(C2CC2)nc(C23CC4CC(CC(C4)C2)C3)n1. The second-order valence-corrected chi connectivity index (χ2v) is 8.30. The van der Waals surface area contributed by atoms with Gasteiger partial charge in [-0.05, 0) is 75.2 Å². The molecule has 0 aliphatic heterocycles. The Morgan fingerprint density at radius 1 is 0.950 bits per heavy atom. The van der Waals surface area contributed by atoms with E-state index in [9.17, 15) is 0 Å². The second-order valence-electron chi connectivity index (χ2n) is 7.91. The highest BCUT2D eigenvalue weighted by Gasteiger charge is 2.53. The molecule has 2 nitrogen and oxygen atoms in total. The zero-order valence-corrected chi connectivity index (χ0v) is 12.6. The van der Waals surface area contributed by atoms with Gasteiger partial charge in [-0.1, -0.05) is 11.6 Å². The summed E-state index contributed by atoms with van der Waals surface area (Å²) in [4.78, 5) is 9.68. The predicted octanol–water partition coefficient (Wildman–Crippen LogP) is 4.48. The minimum absolute atomic E-state index is 0.281. The second kappa shape index (κ2) is 3.97. The summed E-state index contributed by atoms with van der Waals surface area (Å²) in [7, 11) is 0. The number of rotatable bonds is 2. The van der Waals surface area contributed by atoms with Crippen LogP contribution >= 0.6 is 11.6 Å². The fourth-order valence-corrected chi connectivity index (χ4v) is 5.84. The number of halogens is 1. The average molecular weight is 289 g/mol. The lowest BCUT2D eigenvalue weighted by atomic mass is 9.49. The van der Waals surface area contributed by atoms with Crippen molar-refractivity contribution in [1.29, 1.82) is 0 Å². The van der Waals surface area contributed by atoms with Gasteiger partial charge in [-0.2, -0.15) is 0 Å². The smallest absolute Gasteiger partial charge is 0.136 e. The first-order valence-corrected chi connectivity index (χ1v) is 8.63. The van der Waals surface area contributed by atoms with Gasteiger partial charge in [-0.25, -0.2) is 9.97 Å². The molecule has 106 valence electrons. The Morgan fingerprint density at radius 3 is 2.10 bits per heavy atom. The van der Waals surface area contributed by atoms with Crippen molar-refractivity contribution in [3.63, 3.8) is 0 Å². The molecular weight excluding hydrogens is 268 g/mol. The van der Waals surface area contributed by atoms with E-state index in [1.165, 1.54) is 57.1 Å². The van der Waals surface area contributed by atoms with Crippen LogP contribution in [0.4, 0.5) is 0 Å². The van der Waals surface area contributed by atoms with Crippen LogP contribution in [0.15, 0.2) is 6.07 Å². The molecule has 4 bridgehead atoms. The number of aromatic nitrogens is 2. The van der Waals surface area contributed by atoms with E-state index in [1.807, 2.05) is 6.07 Å². The van der Waals surface area contributed by atoms with Crippen LogP contribution in [0.5, 0.6) is 0 Å². The molecule has 0 radical (unpaired) electrons. The van der Waals surface area contributed by atoms with Gasteiger partial charge in [0.15, 0.2) is 0 Å². The molecule has 1 aromatic rings. The Labute approximate surface area is 125 Å². The summed E-state index contributed by atoms with van der Waals surface area (Å²) >= 11 is 6.31. The van der Waals surface area contributed by atoms with Gasteiger partial charge < -0.3 is 0 Å². The van der Waals surface area contributed by atoms with Crippen molar-refractivity contribution in [1.82, 2.24) is 9.97 Å². The molecule has 3 heteroatoms. The number of hydrogen-bond acceptors (Lipinski definition) is 2. The van der Waals surface area contributed by atoms with E-state index < -0.39 is 0 Å². The molecule has 1 heterocycles. The van der Waals surface area contributed by atoms with Gasteiger partial charge in [0.1, 0.15) is 11.0 Å². The first-order chi connectivity index (χ1) is 9.70. The summed E-state index contributed by atoms with van der Waals surface area (Å²) in [5.74, 6) is 4.59. The lowest BCUT2D eigenvalue weighted by molar-refractivity contribution is -0.00949. The summed E-state index contributed by atoms with van der Waals surface area (Å²) < 4.78 is 0. The lowest BCUT2D eigenvalue weighted by Gasteiger charge is -2.56. The van der Waals surface area contributed by atoms with Crippen molar-refractivity contribution in [2.45, 2.75) is 62.7 Å². The average Bonchev–Trinajstić information content (AvgIpc) is 3.20. The van der Waals surface area contributed by atoms with Crippen LogP contribution in [0.3, 0.4) is 0 Å². The van der Waals surface area contributed by atoms with Gasteiger partial charge in [0.25, 0.3) is 0 Å². The third-order valence-electron chi connectivity index (χ3n) is 6.22. The fraction of sp³-hybridized carbons (Fsp3) is 0.765. The first kappa shape index (κ1) is 12.0. The minimum atomic E-state index is 0.281. The first-order valence-electron chi connectivity index (χ1n) is 8.25.